The lowest BCUT2D eigenvalue weighted by Gasteiger charge is -2.44. The van der Waals surface area contributed by atoms with Crippen LogP contribution < -0.4 is 5.32 Å². The SMILES string of the molecule is Cl.O=C1CC2CCCC(C1)N2.O=C1CC2CCCC(C1)N2S(=O)(=O)c1ccc(Cl)cc1.O=S(=O)(Cl)c1ccc(Cl)cc1. The number of carbonyl (C=O) groups excluding carboxylic acids is 2. The van der Waals surface area contributed by atoms with Gasteiger partial charge in [-0.2, -0.15) is 4.31 Å². The summed E-state index contributed by atoms with van der Waals surface area (Å²) in [4.78, 5) is 23.0. The number of carbonyl (C=O) groups is 2. The lowest BCUT2D eigenvalue weighted by molar-refractivity contribution is -0.124. The second kappa shape index (κ2) is 15.2. The fourth-order valence-corrected chi connectivity index (χ4v) is 8.81. The number of Topliss-reactive ketones (excluding diaryl/α,β-unsaturated/α-hetero) is 2. The van der Waals surface area contributed by atoms with Crippen LogP contribution in [0.2, 0.25) is 10.0 Å². The lowest BCUT2D eigenvalue weighted by atomic mass is 9.86. The maximum absolute atomic E-state index is 12.8. The number of halogens is 4. The Morgan fingerprint density at radius 1 is 0.643 bits per heavy atom. The first kappa shape index (κ1) is 35.2. The summed E-state index contributed by atoms with van der Waals surface area (Å²) < 4.78 is 48.5. The molecule has 4 fully saturated rings. The van der Waals surface area contributed by atoms with Gasteiger partial charge in [0.05, 0.1) is 9.79 Å². The molecule has 14 heteroatoms. The van der Waals surface area contributed by atoms with Gasteiger partial charge in [0.2, 0.25) is 10.0 Å². The first-order chi connectivity index (χ1) is 19.3. The molecular weight excluding hydrogens is 666 g/mol. The lowest BCUT2D eigenvalue weighted by Crippen LogP contribution is -2.54. The number of sulfonamides is 1. The van der Waals surface area contributed by atoms with Crippen LogP contribution in [-0.4, -0.2) is 56.9 Å². The van der Waals surface area contributed by atoms with Gasteiger partial charge in [0.15, 0.2) is 0 Å². The summed E-state index contributed by atoms with van der Waals surface area (Å²) >= 11 is 11.3. The monoisotopic (exact) mass is 698 g/mol. The number of nitrogens with zero attached hydrogens (tertiary/aromatic N) is 1. The molecule has 0 aromatic heterocycles. The van der Waals surface area contributed by atoms with Crippen molar-refractivity contribution in [1.82, 2.24) is 9.62 Å². The molecule has 4 heterocycles. The third-order valence-electron chi connectivity index (χ3n) is 7.73. The fraction of sp³-hybridized carbons (Fsp3) is 0.500. The van der Waals surface area contributed by atoms with E-state index >= 15 is 0 Å². The molecular formula is C28H34Cl4N2O6S2. The highest BCUT2D eigenvalue weighted by Gasteiger charge is 2.44. The highest BCUT2D eigenvalue weighted by molar-refractivity contribution is 8.13. The Balaban J connectivity index is 0.000000187. The minimum absolute atomic E-state index is 0. The van der Waals surface area contributed by atoms with E-state index in [0.717, 1.165) is 32.1 Å². The molecule has 4 saturated heterocycles. The third kappa shape index (κ3) is 9.38. The zero-order chi connectivity index (χ0) is 29.8. The van der Waals surface area contributed by atoms with Crippen molar-refractivity contribution in [1.29, 1.82) is 0 Å². The summed E-state index contributed by atoms with van der Waals surface area (Å²) in [5.74, 6) is 0.649. The van der Waals surface area contributed by atoms with Gasteiger partial charge in [-0.05, 0) is 74.2 Å². The van der Waals surface area contributed by atoms with Crippen molar-refractivity contribution in [3.05, 3.63) is 58.6 Å². The largest absolute Gasteiger partial charge is 0.310 e. The molecule has 0 spiro atoms. The van der Waals surface area contributed by atoms with E-state index in [2.05, 4.69) is 5.32 Å². The highest BCUT2D eigenvalue weighted by Crippen LogP contribution is 2.37. The van der Waals surface area contributed by atoms with Gasteiger partial charge in [-0.25, -0.2) is 16.8 Å². The summed E-state index contributed by atoms with van der Waals surface area (Å²) in [6, 6.07) is 12.6. The number of fused-ring (bicyclic) bond motifs is 4. The zero-order valence-corrected chi connectivity index (χ0v) is 27.5. The Morgan fingerprint density at radius 3 is 1.50 bits per heavy atom. The molecule has 8 nitrogen and oxygen atoms in total. The van der Waals surface area contributed by atoms with Gasteiger partial charge in [0.25, 0.3) is 9.05 Å². The predicted molar refractivity (Wildman–Crippen MR) is 167 cm³/mol. The van der Waals surface area contributed by atoms with Crippen LogP contribution in [0.4, 0.5) is 0 Å². The molecule has 2 aromatic rings. The molecule has 42 heavy (non-hydrogen) atoms. The van der Waals surface area contributed by atoms with Crippen LogP contribution in [0.15, 0.2) is 58.3 Å². The van der Waals surface area contributed by atoms with Crippen molar-refractivity contribution in [3.8, 4) is 0 Å². The highest BCUT2D eigenvalue weighted by atomic mass is 35.7. The van der Waals surface area contributed by atoms with Crippen molar-refractivity contribution < 1.29 is 26.4 Å². The molecule has 0 aliphatic carbocycles. The number of ketones is 2. The van der Waals surface area contributed by atoms with Crippen LogP contribution in [0, 0.1) is 0 Å². The van der Waals surface area contributed by atoms with Crippen LogP contribution in [0.25, 0.3) is 0 Å². The standard InChI is InChI=1S/C14H16ClNO3S.C8H13NO.C6H4Cl2O2S.ClH/c15-10-4-6-14(7-5-10)20(18,19)16-11-2-1-3-12(16)9-13(17)8-11;10-8-4-6-2-1-3-7(5-8)9-6;7-5-1-3-6(4-2-5)11(8,9)10;/h4-7,11-12H,1-3,8-9H2;6-7,9H,1-5H2;1-4H;1H. The molecule has 6 rings (SSSR count). The Morgan fingerprint density at radius 2 is 1.05 bits per heavy atom. The van der Waals surface area contributed by atoms with Crippen LogP contribution in [0.1, 0.15) is 64.2 Å². The molecule has 4 aliphatic rings. The molecule has 0 amide bonds. The van der Waals surface area contributed by atoms with Crippen molar-refractivity contribution >= 4 is 76.9 Å². The van der Waals surface area contributed by atoms with Gasteiger partial charge in [-0.3, -0.25) is 9.59 Å². The third-order valence-corrected chi connectivity index (χ3v) is 11.6. The number of piperidine rings is 4. The molecule has 232 valence electrons. The van der Waals surface area contributed by atoms with E-state index in [1.165, 1.54) is 55.7 Å². The topological polar surface area (TPSA) is 118 Å². The normalized spacial score (nSPS) is 25.6. The van der Waals surface area contributed by atoms with Crippen LogP contribution in [-0.2, 0) is 28.7 Å². The Kier molecular flexibility index (Phi) is 12.7. The van der Waals surface area contributed by atoms with E-state index in [1.807, 2.05) is 0 Å². The summed E-state index contributed by atoms with van der Waals surface area (Å²) in [6.07, 6.45) is 8.55. The van der Waals surface area contributed by atoms with Crippen LogP contribution in [0.5, 0.6) is 0 Å². The smallest absolute Gasteiger partial charge is 0.261 e. The summed E-state index contributed by atoms with van der Waals surface area (Å²) in [7, 11) is -2.10. The van der Waals surface area contributed by atoms with Crippen molar-refractivity contribution in [2.75, 3.05) is 0 Å². The second-order valence-electron chi connectivity index (χ2n) is 10.8. The Labute approximate surface area is 268 Å². The number of hydrogen-bond acceptors (Lipinski definition) is 7. The van der Waals surface area contributed by atoms with Crippen LogP contribution in [0.3, 0.4) is 0 Å². The van der Waals surface area contributed by atoms with E-state index in [0.29, 0.717) is 40.8 Å². The number of nitrogens with one attached hydrogen (secondary N) is 1. The Hall–Kier alpha value is -1.24. The minimum Gasteiger partial charge on any atom is -0.310 e. The molecule has 4 atom stereocenters. The number of benzene rings is 2. The maximum Gasteiger partial charge on any atom is 0.261 e. The van der Waals surface area contributed by atoms with E-state index in [-0.39, 0.29) is 40.1 Å². The van der Waals surface area contributed by atoms with Crippen molar-refractivity contribution in [2.24, 2.45) is 0 Å². The fourth-order valence-electron chi connectivity index (χ4n) is 5.92. The molecule has 0 saturated carbocycles. The van der Waals surface area contributed by atoms with Crippen LogP contribution >= 0.6 is 46.3 Å². The van der Waals surface area contributed by atoms with E-state index in [1.54, 1.807) is 16.4 Å². The zero-order valence-electron chi connectivity index (χ0n) is 22.8. The average molecular weight is 701 g/mol. The van der Waals surface area contributed by atoms with Gasteiger partial charge in [-0.15, -0.1) is 12.4 Å². The first-order valence-electron chi connectivity index (χ1n) is 13.6. The minimum atomic E-state index is -3.61. The van der Waals surface area contributed by atoms with Crippen molar-refractivity contribution in [2.45, 2.75) is 98.2 Å². The average Bonchev–Trinajstić information content (AvgIpc) is 2.88. The van der Waals surface area contributed by atoms with E-state index in [4.69, 9.17) is 33.9 Å². The van der Waals surface area contributed by atoms with E-state index < -0.39 is 19.1 Å². The molecule has 1 N–H and O–H groups in total. The number of rotatable bonds is 3. The van der Waals surface area contributed by atoms with Gasteiger partial charge in [0, 0.05) is 70.6 Å². The summed E-state index contributed by atoms with van der Waals surface area (Å²) in [5.41, 5.74) is 0. The predicted octanol–water partition coefficient (Wildman–Crippen LogP) is 6.16. The molecule has 4 bridgehead atoms. The summed E-state index contributed by atoms with van der Waals surface area (Å²) in [5, 5.41) is 4.45. The maximum atomic E-state index is 12.8. The molecule has 2 aromatic carbocycles. The number of hydrogen-bond donors (Lipinski definition) is 1. The molecule has 4 unspecified atom stereocenters. The van der Waals surface area contributed by atoms with Crippen molar-refractivity contribution in [3.63, 3.8) is 0 Å². The quantitative estimate of drug-likeness (QED) is 0.381. The van der Waals surface area contributed by atoms with E-state index in [9.17, 15) is 26.4 Å². The summed E-state index contributed by atoms with van der Waals surface area (Å²) in [6.45, 7) is 0. The van der Waals surface area contributed by atoms with Gasteiger partial charge in [-0.1, -0.05) is 36.0 Å². The molecule has 0 radical (unpaired) electrons. The van der Waals surface area contributed by atoms with Gasteiger partial charge < -0.3 is 5.32 Å². The van der Waals surface area contributed by atoms with Gasteiger partial charge >= 0.3 is 0 Å². The second-order valence-corrected chi connectivity index (χ2v) is 16.1. The Bertz CT molecular complexity index is 1420. The van der Waals surface area contributed by atoms with Gasteiger partial charge in [0.1, 0.15) is 11.6 Å². The molecule has 4 aliphatic heterocycles. The first-order valence-corrected chi connectivity index (χ1v) is 18.1.